The van der Waals surface area contributed by atoms with E-state index in [1.54, 1.807) is 12.1 Å². The smallest absolute Gasteiger partial charge is 0.347 e. The molecule has 5 rings (SSSR count). The first kappa shape index (κ1) is 28.9. The van der Waals surface area contributed by atoms with Crippen molar-refractivity contribution in [2.75, 3.05) is 4.90 Å². The van der Waals surface area contributed by atoms with Crippen LogP contribution < -0.4 is 20.9 Å². The predicted octanol–water partition coefficient (Wildman–Crippen LogP) is 3.71. The van der Waals surface area contributed by atoms with Gasteiger partial charge in [0.1, 0.15) is 16.4 Å². The molecule has 3 aromatic rings. The number of halogens is 1. The molecule has 2 fully saturated rings. The first-order valence-corrected chi connectivity index (χ1v) is 14.6. The van der Waals surface area contributed by atoms with Crippen molar-refractivity contribution in [2.45, 2.75) is 24.1 Å². The van der Waals surface area contributed by atoms with Gasteiger partial charge in [0, 0.05) is 24.7 Å². The van der Waals surface area contributed by atoms with Gasteiger partial charge in [-0.2, -0.15) is 0 Å². The highest BCUT2D eigenvalue weighted by molar-refractivity contribution is 9.10. The summed E-state index contributed by atoms with van der Waals surface area (Å²) in [5, 5.41) is -0.453. The number of hydrogen-bond acceptors (Lipinski definition) is 6. The maximum absolute atomic E-state index is 15.1. The monoisotopic (exact) mass is 649 g/mol. The fourth-order valence-corrected chi connectivity index (χ4v) is 6.98. The topological polar surface area (TPSA) is 124 Å². The Morgan fingerprint density at radius 1 is 0.878 bits per heavy atom. The molecule has 11 heteroatoms. The number of quaternary nitrogens is 1. The number of likely N-dealkylation sites (tertiary alicyclic amines) is 1. The minimum absolute atomic E-state index is 0.00236. The predicted molar refractivity (Wildman–Crippen MR) is 168 cm³/mol. The summed E-state index contributed by atoms with van der Waals surface area (Å²) in [5.41, 5.74) is 12.7. The van der Waals surface area contributed by atoms with Crippen LogP contribution in [0.1, 0.15) is 17.5 Å². The van der Waals surface area contributed by atoms with E-state index in [1.807, 2.05) is 60.7 Å². The van der Waals surface area contributed by atoms with Crippen molar-refractivity contribution in [3.63, 3.8) is 0 Å². The van der Waals surface area contributed by atoms with Crippen LogP contribution in [0.5, 0.6) is 0 Å². The number of anilines is 1. The highest BCUT2D eigenvalue weighted by Crippen LogP contribution is 2.52. The van der Waals surface area contributed by atoms with Crippen LogP contribution in [0.4, 0.5) is 11.4 Å². The Bertz CT molecular complexity index is 1600. The third kappa shape index (κ3) is 4.44. The third-order valence-electron chi connectivity index (χ3n) is 7.86. The molecule has 0 bridgehead atoms. The average molecular weight is 651 g/mol. The van der Waals surface area contributed by atoms with E-state index in [0.717, 1.165) is 16.0 Å². The third-order valence-corrected chi connectivity index (χ3v) is 9.22. The fourth-order valence-electron chi connectivity index (χ4n) is 5.93. The molecule has 2 aliphatic rings. The Hall–Kier alpha value is -3.64. The number of carbonyl (C=O) groups is 4. The molecule has 41 heavy (non-hydrogen) atoms. The molecule has 4 atom stereocenters. The summed E-state index contributed by atoms with van der Waals surface area (Å²) in [4.78, 5) is 56.0. The molecule has 208 valence electrons. The lowest BCUT2D eigenvalue weighted by Crippen LogP contribution is -2.64. The van der Waals surface area contributed by atoms with Gasteiger partial charge in [-0.3, -0.25) is 9.59 Å². The van der Waals surface area contributed by atoms with Gasteiger partial charge in [0.15, 0.2) is 11.1 Å². The molecule has 2 saturated heterocycles. The first-order valence-electron chi connectivity index (χ1n) is 12.8. The van der Waals surface area contributed by atoms with E-state index < -0.39 is 49.4 Å². The summed E-state index contributed by atoms with van der Waals surface area (Å²) in [5.74, 6) is -3.41. The number of para-hydroxylation sites is 2. The Kier molecular flexibility index (Phi) is 7.73. The minimum Gasteiger partial charge on any atom is -0.392 e. The Morgan fingerprint density at radius 3 is 1.98 bits per heavy atom. The van der Waals surface area contributed by atoms with Gasteiger partial charge >= 0.3 is 11.8 Å². The summed E-state index contributed by atoms with van der Waals surface area (Å²) < 4.78 is -1.21. The molecule has 0 aromatic heterocycles. The van der Waals surface area contributed by atoms with E-state index in [4.69, 9.17) is 35.9 Å². The molecule has 0 saturated carbocycles. The lowest BCUT2D eigenvalue weighted by Gasteiger charge is -2.32. The normalized spacial score (nSPS) is 26.0. The standard InChI is InChI=1S/C30H25BrN4O4S2/c31-21-16-24(36)34(25(21)37)22-13-7-8-14-23(22)35(29(33)41)26(38)20(15-18-9-3-1-4-10-18)30(27(32)40,28(35)39)17-19-11-5-2-6-12-19/h1-14,20-21H,15-17H2,(H3-,32,33,40,41)/p+1. The van der Waals surface area contributed by atoms with Crippen molar-refractivity contribution in [2.24, 2.45) is 22.8 Å². The quantitative estimate of drug-likeness (QED) is 0.172. The van der Waals surface area contributed by atoms with Crippen molar-refractivity contribution >= 4 is 85.5 Å². The molecule has 0 spiro atoms. The van der Waals surface area contributed by atoms with E-state index >= 15 is 4.79 Å². The summed E-state index contributed by atoms with van der Waals surface area (Å²) >= 11 is 14.4. The maximum Gasteiger partial charge on any atom is 0.347 e. The second-order valence-corrected chi connectivity index (χ2v) is 12.1. The van der Waals surface area contributed by atoms with E-state index in [9.17, 15) is 14.4 Å². The minimum atomic E-state index is -1.68. The van der Waals surface area contributed by atoms with Crippen LogP contribution in [0, 0.1) is 11.3 Å². The van der Waals surface area contributed by atoms with Gasteiger partial charge in [-0.05, 0) is 30.0 Å². The highest BCUT2D eigenvalue weighted by Gasteiger charge is 2.75. The van der Waals surface area contributed by atoms with Gasteiger partial charge in [-0.1, -0.05) is 101 Å². The number of nitrogens with zero attached hydrogens (tertiary/aromatic N) is 2. The number of benzene rings is 3. The number of nitrogens with two attached hydrogens (primary N) is 2. The number of alkyl halides is 1. The number of carbonyl (C=O) groups excluding carboxylic acids is 4. The van der Waals surface area contributed by atoms with Gasteiger partial charge < -0.3 is 11.5 Å². The highest BCUT2D eigenvalue weighted by atomic mass is 79.9. The van der Waals surface area contributed by atoms with Gasteiger partial charge in [0.05, 0.1) is 4.99 Å². The zero-order valence-corrected chi connectivity index (χ0v) is 25.0. The summed E-state index contributed by atoms with van der Waals surface area (Å²) in [6.07, 6.45) is 0.0795. The first-order chi connectivity index (χ1) is 19.6. The van der Waals surface area contributed by atoms with Crippen LogP contribution in [0.3, 0.4) is 0 Å². The Morgan fingerprint density at radius 2 is 1.44 bits per heavy atom. The number of imide groups is 2. The average Bonchev–Trinajstić information content (AvgIpc) is 3.31. The van der Waals surface area contributed by atoms with Crippen molar-refractivity contribution in [1.29, 1.82) is 0 Å². The molecular formula is C30H26BrN4O4S2+. The summed E-state index contributed by atoms with van der Waals surface area (Å²) in [7, 11) is 0. The van der Waals surface area contributed by atoms with E-state index in [2.05, 4.69) is 15.9 Å². The molecular weight excluding hydrogens is 624 g/mol. The maximum atomic E-state index is 15.1. The lowest BCUT2D eigenvalue weighted by molar-refractivity contribution is -0.135. The van der Waals surface area contributed by atoms with Crippen LogP contribution in [0.15, 0.2) is 84.9 Å². The Labute approximate surface area is 256 Å². The van der Waals surface area contributed by atoms with Gasteiger partial charge in [0.2, 0.25) is 11.8 Å². The van der Waals surface area contributed by atoms with Crippen LogP contribution >= 0.6 is 40.4 Å². The molecule has 4 amide bonds. The van der Waals surface area contributed by atoms with Gasteiger partial charge in [-0.15, -0.1) is 4.48 Å². The second-order valence-electron chi connectivity index (χ2n) is 10.1. The SMILES string of the molecule is NC(=S)C1(Cc2ccccc2)C(=O)[N+](C(N)=S)(c2ccccc2N2C(=O)CC(Br)C2=O)C(=O)C1Cc1ccccc1. The molecule has 4 N–H and O–H groups in total. The van der Waals surface area contributed by atoms with Crippen molar-refractivity contribution in [3.05, 3.63) is 96.1 Å². The molecule has 2 aliphatic heterocycles. The van der Waals surface area contributed by atoms with Crippen LogP contribution in [-0.2, 0) is 32.0 Å². The lowest BCUT2D eigenvalue weighted by atomic mass is 9.70. The number of rotatable bonds is 7. The molecule has 0 radical (unpaired) electrons. The second kappa shape index (κ2) is 11.0. The molecule has 0 aliphatic carbocycles. The molecule has 8 nitrogen and oxygen atoms in total. The number of hydrogen-bond donors (Lipinski definition) is 2. The van der Waals surface area contributed by atoms with Crippen molar-refractivity contribution < 1.29 is 19.2 Å². The van der Waals surface area contributed by atoms with Crippen molar-refractivity contribution in [1.82, 2.24) is 4.48 Å². The molecule has 4 unspecified atom stereocenters. The van der Waals surface area contributed by atoms with E-state index in [0.29, 0.717) is 0 Å². The Balaban J connectivity index is 1.79. The zero-order chi connectivity index (χ0) is 29.5. The number of amides is 4. The van der Waals surface area contributed by atoms with E-state index in [-0.39, 0.29) is 35.6 Å². The summed E-state index contributed by atoms with van der Waals surface area (Å²) in [6.45, 7) is 0. The molecule has 3 aromatic carbocycles. The van der Waals surface area contributed by atoms with Gasteiger partial charge in [-0.25, -0.2) is 14.5 Å². The zero-order valence-electron chi connectivity index (χ0n) is 21.7. The van der Waals surface area contributed by atoms with E-state index in [1.165, 1.54) is 12.1 Å². The number of thiocarbonyl (C=S) groups is 2. The van der Waals surface area contributed by atoms with Gasteiger partial charge in [0.25, 0.3) is 5.11 Å². The van der Waals surface area contributed by atoms with Crippen LogP contribution in [-0.4, -0.2) is 38.6 Å². The van der Waals surface area contributed by atoms with Crippen LogP contribution in [0.2, 0.25) is 0 Å². The fraction of sp³-hybridized carbons (Fsp3) is 0.200. The van der Waals surface area contributed by atoms with Crippen molar-refractivity contribution in [3.8, 4) is 0 Å². The summed E-state index contributed by atoms with van der Waals surface area (Å²) in [6, 6.07) is 24.6. The largest absolute Gasteiger partial charge is 0.392 e. The molecule has 2 heterocycles. The van der Waals surface area contributed by atoms with Crippen LogP contribution in [0.25, 0.3) is 0 Å².